The summed E-state index contributed by atoms with van der Waals surface area (Å²) in [4.78, 5) is 10.1. The molecule has 3 heteroatoms. The third-order valence-corrected chi connectivity index (χ3v) is 8.45. The Morgan fingerprint density at radius 3 is 2.07 bits per heavy atom. The molecule has 0 unspecified atom stereocenters. The Bertz CT molecular complexity index is 2510. The predicted molar refractivity (Wildman–Crippen MR) is 178 cm³/mol. The maximum Gasteiger partial charge on any atom is 0.160 e. The van der Waals surface area contributed by atoms with Gasteiger partial charge >= 0.3 is 0 Å². The van der Waals surface area contributed by atoms with Crippen LogP contribution in [0.1, 0.15) is 0 Å². The van der Waals surface area contributed by atoms with Gasteiger partial charge in [0, 0.05) is 32.7 Å². The van der Waals surface area contributed by atoms with E-state index in [2.05, 4.69) is 121 Å². The summed E-state index contributed by atoms with van der Waals surface area (Å²) in [5, 5.41) is 7.89. The Hall–Kier alpha value is -5.80. The van der Waals surface area contributed by atoms with Crippen LogP contribution in [-0.4, -0.2) is 9.97 Å². The highest BCUT2D eigenvalue weighted by molar-refractivity contribution is 6.23. The molecule has 0 radical (unpaired) electrons. The Labute approximate surface area is 247 Å². The van der Waals surface area contributed by atoms with E-state index in [9.17, 15) is 0 Å². The lowest BCUT2D eigenvalue weighted by Gasteiger charge is -2.11. The smallest absolute Gasteiger partial charge is 0.160 e. The van der Waals surface area contributed by atoms with Crippen molar-refractivity contribution in [3.63, 3.8) is 0 Å². The van der Waals surface area contributed by atoms with Crippen molar-refractivity contribution < 1.29 is 4.42 Å². The average Bonchev–Trinajstić information content (AvgIpc) is 3.47. The fourth-order valence-electron chi connectivity index (χ4n) is 6.44. The molecule has 0 atom stereocenters. The van der Waals surface area contributed by atoms with Crippen molar-refractivity contribution in [2.24, 2.45) is 0 Å². The van der Waals surface area contributed by atoms with Crippen molar-refractivity contribution in [3.8, 4) is 33.8 Å². The van der Waals surface area contributed by atoms with Crippen molar-refractivity contribution in [2.45, 2.75) is 0 Å². The Balaban J connectivity index is 1.38. The Kier molecular flexibility index (Phi) is 5.20. The molecule has 0 saturated heterocycles. The van der Waals surface area contributed by atoms with Crippen LogP contribution in [0.2, 0.25) is 0 Å². The second kappa shape index (κ2) is 9.37. The normalized spacial score (nSPS) is 11.7. The zero-order valence-electron chi connectivity index (χ0n) is 23.2. The van der Waals surface area contributed by atoms with Gasteiger partial charge in [0.2, 0.25) is 0 Å². The SMILES string of the molecule is c1ccc(-c2nc(-c3cccc4oc5c6ccccc6c(-c6ccc7ccccc7c6)cc5c34)c3ccccc3n2)cc1. The lowest BCUT2D eigenvalue weighted by molar-refractivity contribution is 0.673. The molecule has 7 aromatic carbocycles. The van der Waals surface area contributed by atoms with Gasteiger partial charge in [-0.25, -0.2) is 9.97 Å². The van der Waals surface area contributed by atoms with E-state index in [1.54, 1.807) is 0 Å². The van der Waals surface area contributed by atoms with Crippen LogP contribution in [0, 0.1) is 0 Å². The van der Waals surface area contributed by atoms with Gasteiger partial charge in [0.1, 0.15) is 11.2 Å². The lowest BCUT2D eigenvalue weighted by Crippen LogP contribution is -1.95. The van der Waals surface area contributed by atoms with Gasteiger partial charge in [-0.05, 0) is 51.6 Å². The van der Waals surface area contributed by atoms with Gasteiger partial charge in [0.05, 0.1) is 11.2 Å². The van der Waals surface area contributed by atoms with Gasteiger partial charge in [0.25, 0.3) is 0 Å². The average molecular weight is 549 g/mol. The van der Waals surface area contributed by atoms with Gasteiger partial charge in [-0.3, -0.25) is 0 Å². The monoisotopic (exact) mass is 548 g/mol. The van der Waals surface area contributed by atoms with Crippen molar-refractivity contribution in [1.82, 2.24) is 9.97 Å². The van der Waals surface area contributed by atoms with Crippen molar-refractivity contribution >= 4 is 54.4 Å². The number of nitrogens with zero attached hydrogens (tertiary/aromatic N) is 2. The summed E-state index contributed by atoms with van der Waals surface area (Å²) in [6.07, 6.45) is 0. The Morgan fingerprint density at radius 1 is 0.442 bits per heavy atom. The molecule has 0 N–H and O–H groups in total. The molecule has 9 aromatic rings. The summed E-state index contributed by atoms with van der Waals surface area (Å²) >= 11 is 0. The number of para-hydroxylation sites is 1. The minimum Gasteiger partial charge on any atom is -0.455 e. The van der Waals surface area contributed by atoms with Gasteiger partial charge in [-0.15, -0.1) is 0 Å². The number of hydrogen-bond donors (Lipinski definition) is 0. The zero-order chi connectivity index (χ0) is 28.3. The summed E-state index contributed by atoms with van der Waals surface area (Å²) in [7, 11) is 0. The first-order valence-corrected chi connectivity index (χ1v) is 14.5. The molecule has 0 fully saturated rings. The summed E-state index contributed by atoms with van der Waals surface area (Å²) in [5.41, 5.74) is 7.94. The number of fused-ring (bicyclic) bond motifs is 7. The standard InChI is InChI=1S/C40H24N2O/c1-2-12-26(13-3-1)40-41-35-19-9-8-17-31(35)38(42-40)32-18-10-20-36-37(32)34-24-33(29-15-6-7-16-30(29)39(34)43-36)28-22-21-25-11-4-5-14-27(25)23-28/h1-24H. The largest absolute Gasteiger partial charge is 0.455 e. The van der Waals surface area contributed by atoms with Gasteiger partial charge in [0.15, 0.2) is 5.82 Å². The molecule has 0 bridgehead atoms. The fourth-order valence-corrected chi connectivity index (χ4v) is 6.44. The third kappa shape index (κ3) is 3.75. The van der Waals surface area contributed by atoms with Crippen LogP contribution >= 0.6 is 0 Å². The highest BCUT2D eigenvalue weighted by Crippen LogP contribution is 2.44. The van der Waals surface area contributed by atoms with E-state index in [4.69, 9.17) is 14.4 Å². The molecule has 2 aromatic heterocycles. The first kappa shape index (κ1) is 23.9. The maximum absolute atomic E-state index is 6.67. The molecule has 2 heterocycles. The molecule has 0 spiro atoms. The molecule has 0 aliphatic carbocycles. The number of benzene rings is 7. The van der Waals surface area contributed by atoms with Gasteiger partial charge < -0.3 is 4.42 Å². The molecule has 0 aliphatic heterocycles. The fraction of sp³-hybridized carbons (Fsp3) is 0. The topological polar surface area (TPSA) is 38.9 Å². The number of hydrogen-bond acceptors (Lipinski definition) is 3. The molecule has 0 aliphatic rings. The van der Waals surface area contributed by atoms with E-state index in [-0.39, 0.29) is 0 Å². The minimum atomic E-state index is 0.710. The number of rotatable bonds is 3. The quantitative estimate of drug-likeness (QED) is 0.220. The van der Waals surface area contributed by atoms with E-state index in [0.717, 1.165) is 55.0 Å². The van der Waals surface area contributed by atoms with Crippen LogP contribution in [0.5, 0.6) is 0 Å². The first-order chi connectivity index (χ1) is 21.3. The summed E-state index contributed by atoms with van der Waals surface area (Å²) in [6, 6.07) is 50.8. The van der Waals surface area contributed by atoms with Crippen molar-refractivity contribution in [1.29, 1.82) is 0 Å². The van der Waals surface area contributed by atoms with Crippen LogP contribution in [-0.2, 0) is 0 Å². The van der Waals surface area contributed by atoms with Crippen LogP contribution in [0.4, 0.5) is 0 Å². The molecular formula is C40H24N2O. The molecular weight excluding hydrogens is 524 g/mol. The number of aromatic nitrogens is 2. The maximum atomic E-state index is 6.67. The summed E-state index contributed by atoms with van der Waals surface area (Å²) < 4.78 is 6.67. The van der Waals surface area contributed by atoms with E-state index in [1.807, 2.05) is 24.3 Å². The van der Waals surface area contributed by atoms with Crippen molar-refractivity contribution in [3.05, 3.63) is 146 Å². The minimum absolute atomic E-state index is 0.710. The zero-order valence-corrected chi connectivity index (χ0v) is 23.2. The first-order valence-electron chi connectivity index (χ1n) is 14.5. The second-order valence-electron chi connectivity index (χ2n) is 11.0. The van der Waals surface area contributed by atoms with Gasteiger partial charge in [-0.1, -0.05) is 121 Å². The molecule has 43 heavy (non-hydrogen) atoms. The summed E-state index contributed by atoms with van der Waals surface area (Å²) in [6.45, 7) is 0. The number of furan rings is 1. The highest BCUT2D eigenvalue weighted by atomic mass is 16.3. The van der Waals surface area contributed by atoms with Crippen LogP contribution < -0.4 is 0 Å². The molecule has 200 valence electrons. The lowest BCUT2D eigenvalue weighted by atomic mass is 9.92. The van der Waals surface area contributed by atoms with Crippen LogP contribution in [0.25, 0.3) is 88.2 Å². The molecule has 9 rings (SSSR count). The molecule has 0 saturated carbocycles. The van der Waals surface area contributed by atoms with E-state index < -0.39 is 0 Å². The van der Waals surface area contributed by atoms with E-state index in [1.165, 1.54) is 27.3 Å². The van der Waals surface area contributed by atoms with Crippen LogP contribution in [0.15, 0.2) is 150 Å². The Morgan fingerprint density at radius 2 is 1.19 bits per heavy atom. The second-order valence-corrected chi connectivity index (χ2v) is 11.0. The molecule has 0 amide bonds. The van der Waals surface area contributed by atoms with E-state index in [0.29, 0.717) is 5.82 Å². The van der Waals surface area contributed by atoms with E-state index >= 15 is 0 Å². The highest BCUT2D eigenvalue weighted by Gasteiger charge is 2.20. The predicted octanol–water partition coefficient (Wildman–Crippen LogP) is 10.8. The van der Waals surface area contributed by atoms with Gasteiger partial charge in [-0.2, -0.15) is 0 Å². The summed E-state index contributed by atoms with van der Waals surface area (Å²) in [5.74, 6) is 0.710. The third-order valence-electron chi connectivity index (χ3n) is 8.45. The molecule has 3 nitrogen and oxygen atoms in total. The van der Waals surface area contributed by atoms with Crippen molar-refractivity contribution in [2.75, 3.05) is 0 Å². The van der Waals surface area contributed by atoms with Crippen LogP contribution in [0.3, 0.4) is 0 Å².